The van der Waals surface area contributed by atoms with Gasteiger partial charge in [0.05, 0.1) is 0 Å². The summed E-state index contributed by atoms with van der Waals surface area (Å²) in [6.07, 6.45) is 17.9. The van der Waals surface area contributed by atoms with E-state index in [-0.39, 0.29) is 17.5 Å². The number of fused-ring (bicyclic) bond motifs is 5. The van der Waals surface area contributed by atoms with Crippen LogP contribution in [-0.2, 0) is 9.53 Å². The number of rotatable bonds is 6. The lowest BCUT2D eigenvalue weighted by atomic mass is 9.47. The molecule has 0 amide bonds. The van der Waals surface area contributed by atoms with Gasteiger partial charge in [0.2, 0.25) is 0 Å². The molecule has 32 heavy (non-hydrogen) atoms. The van der Waals surface area contributed by atoms with Crippen LogP contribution in [0, 0.1) is 39.9 Å². The monoisotopic (exact) mass is 440 g/mol. The lowest BCUT2D eigenvalue weighted by Gasteiger charge is -2.57. The van der Waals surface area contributed by atoms with Crippen molar-refractivity contribution in [1.29, 1.82) is 0 Å². The highest BCUT2D eigenvalue weighted by atomic mass is 16.5. The molecule has 0 aromatic carbocycles. The van der Waals surface area contributed by atoms with Gasteiger partial charge < -0.3 is 4.74 Å². The molecule has 4 rings (SSSR count). The third kappa shape index (κ3) is 3.82. The van der Waals surface area contributed by atoms with E-state index >= 15 is 0 Å². The normalized spacial score (nSPS) is 41.8. The number of carbonyl (C=O) groups is 1. The summed E-state index contributed by atoms with van der Waals surface area (Å²) in [5.41, 5.74) is 4.33. The van der Waals surface area contributed by atoms with Crippen LogP contribution in [-0.4, -0.2) is 12.1 Å². The van der Waals surface area contributed by atoms with Gasteiger partial charge >= 0.3 is 5.97 Å². The van der Waals surface area contributed by atoms with Gasteiger partial charge in [-0.05, 0) is 96.0 Å². The van der Waals surface area contributed by atoms with Crippen molar-refractivity contribution in [2.75, 3.05) is 0 Å². The fraction of sp³-hybridized carbons (Fsp3) is 0.833. The molecule has 0 aliphatic heterocycles. The topological polar surface area (TPSA) is 26.3 Å². The summed E-state index contributed by atoms with van der Waals surface area (Å²) in [6, 6.07) is 0. The lowest BCUT2D eigenvalue weighted by molar-refractivity contribution is -0.150. The molecule has 0 N–H and O–H groups in total. The Labute approximate surface area is 197 Å². The molecule has 2 saturated carbocycles. The molecule has 0 heterocycles. The quantitative estimate of drug-likeness (QED) is 0.388. The van der Waals surface area contributed by atoms with Crippen LogP contribution in [0.5, 0.6) is 0 Å². The van der Waals surface area contributed by atoms with Crippen molar-refractivity contribution in [2.45, 2.75) is 119 Å². The molecule has 2 fully saturated rings. The molecular formula is C30H48O2. The maximum atomic E-state index is 11.5. The Morgan fingerprint density at radius 3 is 2.50 bits per heavy atom. The van der Waals surface area contributed by atoms with E-state index in [1.54, 1.807) is 18.1 Å². The number of carbonyl (C=O) groups excluding carboxylic acids is 1. The van der Waals surface area contributed by atoms with Gasteiger partial charge in [0.15, 0.2) is 0 Å². The third-order valence-electron chi connectivity index (χ3n) is 10.8. The molecule has 2 heteroatoms. The molecule has 0 spiro atoms. The minimum atomic E-state index is -0.120. The highest BCUT2D eigenvalue weighted by Crippen LogP contribution is 2.70. The average molecular weight is 441 g/mol. The third-order valence-corrected chi connectivity index (χ3v) is 10.8. The Balaban J connectivity index is 1.56. The lowest BCUT2D eigenvalue weighted by Crippen LogP contribution is -2.49. The summed E-state index contributed by atoms with van der Waals surface area (Å²) in [7, 11) is 0. The summed E-state index contributed by atoms with van der Waals surface area (Å²) in [5, 5.41) is 0. The van der Waals surface area contributed by atoms with Gasteiger partial charge in [-0.3, -0.25) is 4.79 Å². The van der Waals surface area contributed by atoms with Gasteiger partial charge in [0, 0.05) is 6.92 Å². The zero-order valence-electron chi connectivity index (χ0n) is 21.9. The van der Waals surface area contributed by atoms with Crippen LogP contribution in [0.3, 0.4) is 0 Å². The van der Waals surface area contributed by atoms with Crippen molar-refractivity contribution >= 4 is 5.97 Å². The first-order chi connectivity index (χ1) is 15.0. The molecule has 4 aliphatic carbocycles. The van der Waals surface area contributed by atoms with Crippen LogP contribution in [0.25, 0.3) is 0 Å². The van der Waals surface area contributed by atoms with E-state index < -0.39 is 0 Å². The molecule has 0 radical (unpaired) electrons. The molecule has 0 aromatic heterocycles. The van der Waals surface area contributed by atoms with E-state index in [0.717, 1.165) is 43.4 Å². The zero-order chi connectivity index (χ0) is 23.3. The molecule has 0 bridgehead atoms. The highest BCUT2D eigenvalue weighted by Gasteiger charge is 2.61. The van der Waals surface area contributed by atoms with Crippen molar-refractivity contribution in [2.24, 2.45) is 39.9 Å². The van der Waals surface area contributed by atoms with E-state index in [2.05, 4.69) is 53.7 Å². The van der Waals surface area contributed by atoms with Crippen LogP contribution in [0.4, 0.5) is 0 Å². The second-order valence-electron chi connectivity index (χ2n) is 13.0. The molecule has 180 valence electrons. The summed E-state index contributed by atoms with van der Waals surface area (Å²) in [5.74, 6) is 2.97. The summed E-state index contributed by atoms with van der Waals surface area (Å²) in [6.45, 7) is 16.6. The summed E-state index contributed by atoms with van der Waals surface area (Å²) in [4.78, 5) is 11.5. The first-order valence-corrected chi connectivity index (χ1v) is 13.6. The van der Waals surface area contributed by atoms with Crippen molar-refractivity contribution in [1.82, 2.24) is 0 Å². The second-order valence-corrected chi connectivity index (χ2v) is 13.0. The Morgan fingerprint density at radius 1 is 1.06 bits per heavy atom. The predicted octanol–water partition coefficient (Wildman–Crippen LogP) is 8.27. The van der Waals surface area contributed by atoms with Crippen LogP contribution in [0.15, 0.2) is 23.3 Å². The summed E-state index contributed by atoms with van der Waals surface area (Å²) < 4.78 is 5.63. The van der Waals surface area contributed by atoms with E-state index in [9.17, 15) is 4.79 Å². The smallest absolute Gasteiger partial charge is 0.302 e. The second kappa shape index (κ2) is 8.62. The number of hydrogen-bond acceptors (Lipinski definition) is 2. The predicted molar refractivity (Wildman–Crippen MR) is 133 cm³/mol. The van der Waals surface area contributed by atoms with Gasteiger partial charge in [-0.15, -0.1) is 0 Å². The van der Waals surface area contributed by atoms with Gasteiger partial charge in [-0.2, -0.15) is 0 Å². The van der Waals surface area contributed by atoms with E-state index in [0.29, 0.717) is 16.7 Å². The minimum Gasteiger partial charge on any atom is -0.463 e. The van der Waals surface area contributed by atoms with E-state index in [4.69, 9.17) is 4.74 Å². The molecule has 4 aliphatic rings. The van der Waals surface area contributed by atoms with Crippen molar-refractivity contribution in [3.8, 4) is 0 Å². The molecule has 7 unspecified atom stereocenters. The first-order valence-electron chi connectivity index (χ1n) is 13.6. The Bertz CT molecular complexity index is 791. The number of esters is 1. The Hall–Kier alpha value is -1.05. The fourth-order valence-corrected chi connectivity index (χ4v) is 8.51. The maximum Gasteiger partial charge on any atom is 0.302 e. The number of allylic oxidation sites excluding steroid dienone is 4. The zero-order valence-corrected chi connectivity index (χ0v) is 21.9. The number of ether oxygens (including phenoxy) is 1. The maximum absolute atomic E-state index is 11.5. The molecule has 2 nitrogen and oxygen atoms in total. The number of hydrogen-bond donors (Lipinski definition) is 0. The average Bonchev–Trinajstić information content (AvgIpc) is 2.99. The Morgan fingerprint density at radius 2 is 1.81 bits per heavy atom. The van der Waals surface area contributed by atoms with Gasteiger partial charge in [-0.1, -0.05) is 73.0 Å². The molecule has 0 saturated heterocycles. The van der Waals surface area contributed by atoms with Gasteiger partial charge in [0.1, 0.15) is 6.10 Å². The van der Waals surface area contributed by atoms with Crippen LogP contribution in [0.1, 0.15) is 113 Å². The van der Waals surface area contributed by atoms with Crippen LogP contribution >= 0.6 is 0 Å². The van der Waals surface area contributed by atoms with Crippen LogP contribution in [0.2, 0.25) is 0 Å². The van der Waals surface area contributed by atoms with Crippen molar-refractivity contribution < 1.29 is 9.53 Å². The van der Waals surface area contributed by atoms with E-state index in [1.807, 2.05) is 0 Å². The van der Waals surface area contributed by atoms with Gasteiger partial charge in [0.25, 0.3) is 0 Å². The first kappa shape index (κ1) is 24.1. The van der Waals surface area contributed by atoms with Crippen LogP contribution < -0.4 is 0 Å². The largest absolute Gasteiger partial charge is 0.463 e. The standard InChI is InChI=1S/C30H48O2/c1-20(2)9-8-10-21(3)25-14-17-30(7)27-12-11-23-19-24(32-22(4)31)13-16-28(23,5)26(27)15-18-29(25,30)6/h12,15,20-21,23-25H,8-11,13-14,16-19H2,1-7H3. The van der Waals surface area contributed by atoms with Crippen molar-refractivity contribution in [3.63, 3.8) is 0 Å². The SMILES string of the molecule is CC(=O)OC1CCC2(C)C3=CCC4(C)C(C(C)CCCC(C)C)CCC4(C)C3=CCC2C1. The minimum absolute atomic E-state index is 0.119. The Kier molecular flexibility index (Phi) is 6.49. The van der Waals surface area contributed by atoms with E-state index in [1.165, 1.54) is 38.5 Å². The highest BCUT2D eigenvalue weighted by molar-refractivity contribution is 5.66. The molecular weight excluding hydrogens is 392 g/mol. The van der Waals surface area contributed by atoms with Crippen molar-refractivity contribution in [3.05, 3.63) is 23.3 Å². The fourth-order valence-electron chi connectivity index (χ4n) is 8.51. The van der Waals surface area contributed by atoms with Gasteiger partial charge in [-0.25, -0.2) is 0 Å². The molecule has 0 aromatic rings. The molecule has 7 atom stereocenters. The summed E-state index contributed by atoms with van der Waals surface area (Å²) >= 11 is 0.